The van der Waals surface area contributed by atoms with Gasteiger partial charge in [0.05, 0.1) is 13.3 Å². The Morgan fingerprint density at radius 3 is 2.44 bits per heavy atom. The lowest BCUT2D eigenvalue weighted by atomic mass is 10.2. The molecule has 0 aliphatic heterocycles. The van der Waals surface area contributed by atoms with E-state index in [0.717, 1.165) is 23.5 Å². The molecular weight excluding hydrogens is 228 g/mol. The lowest BCUT2D eigenvalue weighted by molar-refractivity contribution is 0.412. The topological polar surface area (TPSA) is 57.4 Å². The van der Waals surface area contributed by atoms with Gasteiger partial charge >= 0.3 is 0 Å². The molecule has 0 amide bonds. The van der Waals surface area contributed by atoms with Gasteiger partial charge in [-0.15, -0.1) is 0 Å². The number of methoxy groups -OCH3 is 1. The highest BCUT2D eigenvalue weighted by atomic mass is 16.5. The fourth-order valence-electron chi connectivity index (χ4n) is 1.60. The van der Waals surface area contributed by atoms with Gasteiger partial charge in [0.25, 0.3) is 0 Å². The number of aromatic nitrogens is 1. The van der Waals surface area contributed by atoms with Crippen molar-refractivity contribution in [1.82, 2.24) is 4.98 Å². The second-order valence-corrected chi connectivity index (χ2v) is 3.85. The fraction of sp³-hybridized carbons (Fsp3) is 0.214. The molecule has 4 heteroatoms. The molecule has 2 rings (SSSR count). The zero-order valence-corrected chi connectivity index (χ0v) is 10.3. The van der Waals surface area contributed by atoms with Crippen LogP contribution >= 0.6 is 0 Å². The van der Waals surface area contributed by atoms with Crippen LogP contribution in [0.25, 0.3) is 0 Å². The molecule has 0 aliphatic rings. The van der Waals surface area contributed by atoms with Crippen LogP contribution in [0.1, 0.15) is 5.56 Å². The van der Waals surface area contributed by atoms with Crippen molar-refractivity contribution in [2.75, 3.05) is 13.7 Å². The smallest absolute Gasteiger partial charge is 0.145 e. The van der Waals surface area contributed by atoms with Crippen LogP contribution in [-0.4, -0.2) is 18.6 Å². The molecular formula is C14H16N2O2. The first-order chi connectivity index (χ1) is 8.81. The Morgan fingerprint density at radius 2 is 1.78 bits per heavy atom. The van der Waals surface area contributed by atoms with E-state index in [4.69, 9.17) is 15.2 Å². The molecule has 1 heterocycles. The lowest BCUT2D eigenvalue weighted by Gasteiger charge is -2.07. The van der Waals surface area contributed by atoms with Crippen LogP contribution in [0.5, 0.6) is 17.2 Å². The second kappa shape index (κ2) is 6.02. The average molecular weight is 244 g/mol. The predicted octanol–water partition coefficient (Wildman–Crippen LogP) is 2.38. The maximum atomic E-state index is 5.71. The van der Waals surface area contributed by atoms with E-state index in [-0.39, 0.29) is 0 Å². The Balaban J connectivity index is 2.09. The van der Waals surface area contributed by atoms with E-state index >= 15 is 0 Å². The number of rotatable bonds is 5. The van der Waals surface area contributed by atoms with Crippen LogP contribution in [0.15, 0.2) is 42.7 Å². The van der Waals surface area contributed by atoms with Crippen molar-refractivity contribution >= 4 is 0 Å². The number of benzene rings is 1. The predicted molar refractivity (Wildman–Crippen MR) is 70.1 cm³/mol. The maximum absolute atomic E-state index is 5.71. The Kier molecular flexibility index (Phi) is 4.15. The largest absolute Gasteiger partial charge is 0.497 e. The van der Waals surface area contributed by atoms with E-state index in [9.17, 15) is 0 Å². The molecule has 2 aromatic rings. The van der Waals surface area contributed by atoms with E-state index in [1.165, 1.54) is 0 Å². The summed E-state index contributed by atoms with van der Waals surface area (Å²) in [6.07, 6.45) is 4.28. The zero-order chi connectivity index (χ0) is 12.8. The molecule has 1 aromatic carbocycles. The first-order valence-corrected chi connectivity index (χ1v) is 5.77. The van der Waals surface area contributed by atoms with Gasteiger partial charge in [-0.2, -0.15) is 0 Å². The average Bonchev–Trinajstić information content (AvgIpc) is 2.40. The van der Waals surface area contributed by atoms with Gasteiger partial charge in [-0.3, -0.25) is 4.98 Å². The van der Waals surface area contributed by atoms with Crippen molar-refractivity contribution in [1.29, 1.82) is 0 Å². The highest BCUT2D eigenvalue weighted by Crippen LogP contribution is 2.23. The van der Waals surface area contributed by atoms with E-state index < -0.39 is 0 Å². The third-order valence-corrected chi connectivity index (χ3v) is 2.50. The summed E-state index contributed by atoms with van der Waals surface area (Å²) < 4.78 is 10.8. The molecule has 0 fully saturated rings. The van der Waals surface area contributed by atoms with Gasteiger partial charge in [0.2, 0.25) is 0 Å². The SMILES string of the molecule is COc1ccc(Oc2cncc(CCN)c2)cc1. The minimum absolute atomic E-state index is 0.605. The van der Waals surface area contributed by atoms with Crippen LogP contribution < -0.4 is 15.2 Å². The molecule has 1 aromatic heterocycles. The number of pyridine rings is 1. The van der Waals surface area contributed by atoms with Gasteiger partial charge in [0.1, 0.15) is 17.2 Å². The van der Waals surface area contributed by atoms with Gasteiger partial charge in [0.15, 0.2) is 0 Å². The summed E-state index contributed by atoms with van der Waals surface area (Å²) in [4.78, 5) is 4.13. The third-order valence-electron chi connectivity index (χ3n) is 2.50. The van der Waals surface area contributed by atoms with Gasteiger partial charge in [-0.1, -0.05) is 0 Å². The molecule has 0 radical (unpaired) electrons. The molecule has 18 heavy (non-hydrogen) atoms. The van der Waals surface area contributed by atoms with Crippen LogP contribution in [-0.2, 0) is 6.42 Å². The summed E-state index contributed by atoms with van der Waals surface area (Å²) in [6, 6.07) is 9.37. The summed E-state index contributed by atoms with van der Waals surface area (Å²) in [6.45, 7) is 0.605. The molecule has 94 valence electrons. The van der Waals surface area contributed by atoms with Crippen molar-refractivity contribution in [3.05, 3.63) is 48.3 Å². The summed E-state index contributed by atoms with van der Waals surface area (Å²) in [5.41, 5.74) is 6.59. The quantitative estimate of drug-likeness (QED) is 0.877. The number of nitrogens with two attached hydrogens (primary N) is 1. The summed E-state index contributed by atoms with van der Waals surface area (Å²) in [7, 11) is 1.63. The van der Waals surface area contributed by atoms with Crippen molar-refractivity contribution in [2.24, 2.45) is 5.73 Å². The second-order valence-electron chi connectivity index (χ2n) is 3.85. The van der Waals surface area contributed by atoms with Crippen molar-refractivity contribution in [3.63, 3.8) is 0 Å². The lowest BCUT2D eigenvalue weighted by Crippen LogP contribution is -2.03. The Bertz CT molecular complexity index is 497. The molecule has 2 N–H and O–H groups in total. The number of hydrogen-bond acceptors (Lipinski definition) is 4. The molecule has 0 unspecified atom stereocenters. The number of nitrogens with zero attached hydrogens (tertiary/aromatic N) is 1. The maximum Gasteiger partial charge on any atom is 0.145 e. The van der Waals surface area contributed by atoms with Crippen molar-refractivity contribution in [2.45, 2.75) is 6.42 Å². The van der Waals surface area contributed by atoms with Gasteiger partial charge < -0.3 is 15.2 Å². The van der Waals surface area contributed by atoms with E-state index in [0.29, 0.717) is 12.3 Å². The van der Waals surface area contributed by atoms with E-state index in [2.05, 4.69) is 4.98 Å². The number of ether oxygens (including phenoxy) is 2. The van der Waals surface area contributed by atoms with E-state index in [1.807, 2.05) is 30.3 Å². The first kappa shape index (κ1) is 12.4. The molecule has 4 nitrogen and oxygen atoms in total. The number of hydrogen-bond donors (Lipinski definition) is 1. The molecule has 0 atom stereocenters. The monoisotopic (exact) mass is 244 g/mol. The first-order valence-electron chi connectivity index (χ1n) is 5.77. The van der Waals surface area contributed by atoms with Crippen molar-refractivity contribution in [3.8, 4) is 17.2 Å². The molecule has 0 saturated heterocycles. The normalized spacial score (nSPS) is 10.1. The molecule has 0 bridgehead atoms. The Hall–Kier alpha value is -2.07. The molecule has 0 aliphatic carbocycles. The summed E-state index contributed by atoms with van der Waals surface area (Å²) in [5.74, 6) is 2.27. The third kappa shape index (κ3) is 3.21. The van der Waals surface area contributed by atoms with Crippen LogP contribution in [0.4, 0.5) is 0 Å². The van der Waals surface area contributed by atoms with Crippen LogP contribution in [0, 0.1) is 0 Å². The fourth-order valence-corrected chi connectivity index (χ4v) is 1.60. The van der Waals surface area contributed by atoms with Gasteiger partial charge in [0, 0.05) is 6.20 Å². The van der Waals surface area contributed by atoms with Crippen molar-refractivity contribution < 1.29 is 9.47 Å². The van der Waals surface area contributed by atoms with Gasteiger partial charge in [-0.25, -0.2) is 0 Å². The van der Waals surface area contributed by atoms with E-state index in [1.54, 1.807) is 19.5 Å². The summed E-state index contributed by atoms with van der Waals surface area (Å²) >= 11 is 0. The highest BCUT2D eigenvalue weighted by molar-refractivity contribution is 5.35. The van der Waals surface area contributed by atoms with Gasteiger partial charge in [-0.05, 0) is 48.9 Å². The standard InChI is InChI=1S/C14H16N2O2/c1-17-12-2-4-13(5-3-12)18-14-8-11(6-7-15)9-16-10-14/h2-5,8-10H,6-7,15H2,1H3. The minimum Gasteiger partial charge on any atom is -0.497 e. The minimum atomic E-state index is 0.605. The molecule has 0 saturated carbocycles. The Morgan fingerprint density at radius 1 is 1.06 bits per heavy atom. The van der Waals surface area contributed by atoms with Crippen LogP contribution in [0.3, 0.4) is 0 Å². The molecule has 0 spiro atoms. The zero-order valence-electron chi connectivity index (χ0n) is 10.3. The highest BCUT2D eigenvalue weighted by Gasteiger charge is 2.00. The summed E-state index contributed by atoms with van der Waals surface area (Å²) in [5, 5.41) is 0. The Labute approximate surface area is 106 Å². The van der Waals surface area contributed by atoms with Crippen LogP contribution in [0.2, 0.25) is 0 Å².